The van der Waals surface area contributed by atoms with E-state index < -0.39 is 29.7 Å². The van der Waals surface area contributed by atoms with Crippen molar-refractivity contribution in [1.82, 2.24) is 0 Å². The van der Waals surface area contributed by atoms with E-state index in [1.165, 1.54) is 14.0 Å². The molecule has 164 valence electrons. The quantitative estimate of drug-likeness (QED) is 0.556. The van der Waals surface area contributed by atoms with Crippen LogP contribution in [0.1, 0.15) is 18.1 Å². The monoisotopic (exact) mass is 494 g/mol. The van der Waals surface area contributed by atoms with E-state index in [0.29, 0.717) is 31.2 Å². The maximum absolute atomic E-state index is 11.6. The van der Waals surface area contributed by atoms with E-state index in [4.69, 9.17) is 55.9 Å². The molecule has 2 aromatic rings. The second-order valence-corrected chi connectivity index (χ2v) is 9.30. The lowest BCUT2D eigenvalue weighted by molar-refractivity contribution is -0.198. The first kappa shape index (κ1) is 24.1. The number of aliphatic hydroxyl groups is 3. The van der Waals surface area contributed by atoms with Gasteiger partial charge >= 0.3 is 0 Å². The molecule has 1 aliphatic heterocycles. The smallest absolute Gasteiger partial charge is 0.189 e. The standard InChI is InChI=1S/C21H22Cl4O5/c1-20(27)19(29-2)30-18(17(26)7-11-3-5-13(22)8-15(11)24)21(20,28)10-12-4-6-14(23)9-16(12)25/h3-6,8-9,17-19,26-28H,7,10H2,1-2H3/t17?,18-,19+,20+,21-/m1/s1. The molecule has 1 saturated heterocycles. The molecule has 1 unspecified atom stereocenters. The number of halogens is 4. The first-order chi connectivity index (χ1) is 14.0. The predicted molar refractivity (Wildman–Crippen MR) is 118 cm³/mol. The summed E-state index contributed by atoms with van der Waals surface area (Å²) >= 11 is 24.4. The van der Waals surface area contributed by atoms with Crippen molar-refractivity contribution in [2.24, 2.45) is 0 Å². The summed E-state index contributed by atoms with van der Waals surface area (Å²) < 4.78 is 11.0. The summed E-state index contributed by atoms with van der Waals surface area (Å²) in [6.07, 6.45) is -3.63. The Morgan fingerprint density at radius 3 is 2.03 bits per heavy atom. The van der Waals surface area contributed by atoms with Crippen LogP contribution in [0.3, 0.4) is 0 Å². The summed E-state index contributed by atoms with van der Waals surface area (Å²) in [5.74, 6) is 0. The molecule has 0 radical (unpaired) electrons. The number of benzene rings is 2. The summed E-state index contributed by atoms with van der Waals surface area (Å²) in [4.78, 5) is 0. The zero-order chi connectivity index (χ0) is 22.3. The molecule has 9 heteroatoms. The summed E-state index contributed by atoms with van der Waals surface area (Å²) in [7, 11) is 1.35. The number of rotatable bonds is 6. The number of methoxy groups -OCH3 is 1. The maximum atomic E-state index is 11.6. The third kappa shape index (κ3) is 4.46. The Kier molecular flexibility index (Phi) is 7.30. The van der Waals surface area contributed by atoms with Crippen molar-refractivity contribution in [3.63, 3.8) is 0 Å². The van der Waals surface area contributed by atoms with Gasteiger partial charge in [-0.15, -0.1) is 0 Å². The van der Waals surface area contributed by atoms with Gasteiger partial charge in [0.1, 0.15) is 17.3 Å². The van der Waals surface area contributed by atoms with E-state index in [-0.39, 0.29) is 12.8 Å². The van der Waals surface area contributed by atoms with Gasteiger partial charge in [-0.25, -0.2) is 0 Å². The molecule has 2 aromatic carbocycles. The van der Waals surface area contributed by atoms with Crippen molar-refractivity contribution in [3.8, 4) is 0 Å². The first-order valence-corrected chi connectivity index (χ1v) is 10.7. The van der Waals surface area contributed by atoms with Gasteiger partial charge in [-0.1, -0.05) is 58.5 Å². The Balaban J connectivity index is 1.95. The average Bonchev–Trinajstić information content (AvgIpc) is 2.86. The molecule has 1 heterocycles. The number of hydrogen-bond acceptors (Lipinski definition) is 5. The summed E-state index contributed by atoms with van der Waals surface area (Å²) in [5.41, 5.74) is -2.63. The highest BCUT2D eigenvalue weighted by Crippen LogP contribution is 2.45. The molecule has 30 heavy (non-hydrogen) atoms. The van der Waals surface area contributed by atoms with Crippen LogP contribution in [0.5, 0.6) is 0 Å². The van der Waals surface area contributed by atoms with Crippen LogP contribution < -0.4 is 0 Å². The largest absolute Gasteiger partial charge is 0.390 e. The SMILES string of the molecule is CO[C@H]1O[C@H](C(O)Cc2ccc(Cl)cc2Cl)[C@](O)(Cc2ccc(Cl)cc2Cl)[C@@]1(C)O. The van der Waals surface area contributed by atoms with Gasteiger partial charge in [0.05, 0.1) is 6.10 Å². The van der Waals surface area contributed by atoms with Crippen LogP contribution >= 0.6 is 46.4 Å². The zero-order valence-electron chi connectivity index (χ0n) is 16.3. The second kappa shape index (κ2) is 9.10. The van der Waals surface area contributed by atoms with Gasteiger partial charge in [-0.05, 0) is 42.3 Å². The van der Waals surface area contributed by atoms with Gasteiger partial charge in [0.15, 0.2) is 6.29 Å². The van der Waals surface area contributed by atoms with Crippen LogP contribution in [0.4, 0.5) is 0 Å². The molecule has 0 aromatic heterocycles. The predicted octanol–water partition coefficient (Wildman–Crippen LogP) is 4.30. The van der Waals surface area contributed by atoms with E-state index in [2.05, 4.69) is 0 Å². The molecule has 0 bridgehead atoms. The van der Waals surface area contributed by atoms with Gasteiger partial charge in [0.2, 0.25) is 0 Å². The Morgan fingerprint density at radius 2 is 1.53 bits per heavy atom. The van der Waals surface area contributed by atoms with E-state index in [9.17, 15) is 15.3 Å². The van der Waals surface area contributed by atoms with Gasteiger partial charge < -0.3 is 24.8 Å². The van der Waals surface area contributed by atoms with Crippen LogP contribution in [0.25, 0.3) is 0 Å². The Bertz CT molecular complexity index is 922. The van der Waals surface area contributed by atoms with Crippen LogP contribution in [0, 0.1) is 0 Å². The van der Waals surface area contributed by atoms with Crippen molar-refractivity contribution >= 4 is 46.4 Å². The summed E-state index contributed by atoms with van der Waals surface area (Å²) in [6, 6.07) is 9.72. The Hall–Kier alpha value is -0.600. The van der Waals surface area contributed by atoms with Crippen LogP contribution in [-0.4, -0.2) is 52.1 Å². The third-order valence-corrected chi connectivity index (χ3v) is 6.73. The maximum Gasteiger partial charge on any atom is 0.189 e. The van der Waals surface area contributed by atoms with Gasteiger partial charge in [0, 0.05) is 40.0 Å². The highest BCUT2D eigenvalue weighted by Gasteiger charge is 2.65. The minimum atomic E-state index is -1.93. The van der Waals surface area contributed by atoms with Crippen molar-refractivity contribution in [2.75, 3.05) is 7.11 Å². The number of aliphatic hydroxyl groups excluding tert-OH is 1. The first-order valence-electron chi connectivity index (χ1n) is 9.18. The molecule has 0 amide bonds. The van der Waals surface area contributed by atoms with Crippen molar-refractivity contribution < 1.29 is 24.8 Å². The number of hydrogen-bond donors (Lipinski definition) is 3. The van der Waals surface area contributed by atoms with Crippen molar-refractivity contribution in [1.29, 1.82) is 0 Å². The summed E-state index contributed by atoms with van der Waals surface area (Å²) in [5, 5.41) is 35.3. The van der Waals surface area contributed by atoms with Crippen LogP contribution in [0.15, 0.2) is 36.4 Å². The van der Waals surface area contributed by atoms with Gasteiger partial charge in [-0.2, -0.15) is 0 Å². The molecule has 5 atom stereocenters. The van der Waals surface area contributed by atoms with E-state index in [1.807, 2.05) is 0 Å². The molecular weight excluding hydrogens is 474 g/mol. The second-order valence-electron chi connectivity index (χ2n) is 7.62. The zero-order valence-corrected chi connectivity index (χ0v) is 19.3. The minimum absolute atomic E-state index is 0.0594. The molecule has 0 spiro atoms. The molecule has 0 aliphatic carbocycles. The topological polar surface area (TPSA) is 79.2 Å². The van der Waals surface area contributed by atoms with E-state index >= 15 is 0 Å². The molecule has 5 nitrogen and oxygen atoms in total. The number of ether oxygens (including phenoxy) is 2. The minimum Gasteiger partial charge on any atom is -0.390 e. The fourth-order valence-corrected chi connectivity index (χ4v) is 4.78. The van der Waals surface area contributed by atoms with Crippen molar-refractivity contribution in [2.45, 2.75) is 49.5 Å². The van der Waals surface area contributed by atoms with E-state index in [0.717, 1.165) is 0 Å². The molecule has 0 saturated carbocycles. The summed E-state index contributed by atoms with van der Waals surface area (Å²) in [6.45, 7) is 1.40. The third-order valence-electron chi connectivity index (χ3n) is 5.56. The van der Waals surface area contributed by atoms with Crippen LogP contribution in [0.2, 0.25) is 20.1 Å². The van der Waals surface area contributed by atoms with Crippen molar-refractivity contribution in [3.05, 3.63) is 67.6 Å². The fourth-order valence-electron chi connectivity index (χ4n) is 3.82. The molecule has 3 N–H and O–H groups in total. The lowest BCUT2D eigenvalue weighted by atomic mass is 9.75. The van der Waals surface area contributed by atoms with Crippen LogP contribution in [-0.2, 0) is 22.3 Å². The highest BCUT2D eigenvalue weighted by molar-refractivity contribution is 6.35. The lowest BCUT2D eigenvalue weighted by Gasteiger charge is -2.39. The molecule has 3 rings (SSSR count). The lowest BCUT2D eigenvalue weighted by Crippen LogP contribution is -2.61. The fraction of sp³-hybridized carbons (Fsp3) is 0.429. The molecular formula is C21H22Cl4O5. The highest BCUT2D eigenvalue weighted by atomic mass is 35.5. The Morgan fingerprint density at radius 1 is 1.00 bits per heavy atom. The van der Waals surface area contributed by atoms with Gasteiger partial charge in [0.25, 0.3) is 0 Å². The van der Waals surface area contributed by atoms with Gasteiger partial charge in [-0.3, -0.25) is 0 Å². The van der Waals surface area contributed by atoms with E-state index in [1.54, 1.807) is 36.4 Å². The average molecular weight is 496 g/mol. The Labute approximate surface area is 195 Å². The molecule has 1 fully saturated rings. The molecule has 1 aliphatic rings. The normalized spacial score (nSPS) is 29.9.